The second-order valence-electron chi connectivity index (χ2n) is 6.83. The first-order valence-corrected chi connectivity index (χ1v) is 9.18. The van der Waals surface area contributed by atoms with E-state index in [1.54, 1.807) is 11.8 Å². The standard InChI is InChI=1S/C20H23NO2S/c1-14-8-10-15(11-9-14)24-13-19(22)21-17-12-20(2,3)23-18-7-5-4-6-16(17)18/h4-11,17H,12-13H2,1-3H3,(H,21,22)/t17-/m1/s1. The van der Waals surface area contributed by atoms with E-state index >= 15 is 0 Å². The zero-order valence-electron chi connectivity index (χ0n) is 14.3. The largest absolute Gasteiger partial charge is 0.487 e. The van der Waals surface area contributed by atoms with Crippen molar-refractivity contribution < 1.29 is 9.53 Å². The van der Waals surface area contributed by atoms with Gasteiger partial charge in [-0.2, -0.15) is 0 Å². The van der Waals surface area contributed by atoms with Crippen LogP contribution < -0.4 is 10.1 Å². The fourth-order valence-corrected chi connectivity index (χ4v) is 3.66. The molecule has 126 valence electrons. The van der Waals surface area contributed by atoms with Gasteiger partial charge in [0.2, 0.25) is 5.91 Å². The maximum absolute atomic E-state index is 12.4. The van der Waals surface area contributed by atoms with Gasteiger partial charge in [-0.05, 0) is 39.0 Å². The lowest BCUT2D eigenvalue weighted by Crippen LogP contribution is -2.41. The van der Waals surface area contributed by atoms with Gasteiger partial charge in [-0.15, -0.1) is 11.8 Å². The predicted octanol–water partition coefficient (Wildman–Crippen LogP) is 4.51. The number of benzene rings is 2. The lowest BCUT2D eigenvalue weighted by molar-refractivity contribution is -0.119. The molecule has 0 spiro atoms. The smallest absolute Gasteiger partial charge is 0.230 e. The number of fused-ring (bicyclic) bond motifs is 1. The van der Waals surface area contributed by atoms with Crippen LogP contribution in [0, 0.1) is 6.92 Å². The minimum Gasteiger partial charge on any atom is -0.487 e. The number of ether oxygens (including phenoxy) is 1. The van der Waals surface area contributed by atoms with Crippen molar-refractivity contribution in [3.05, 3.63) is 59.7 Å². The summed E-state index contributed by atoms with van der Waals surface area (Å²) in [4.78, 5) is 13.5. The summed E-state index contributed by atoms with van der Waals surface area (Å²) >= 11 is 1.56. The number of aryl methyl sites for hydroxylation is 1. The summed E-state index contributed by atoms with van der Waals surface area (Å²) in [5.74, 6) is 1.34. The third-order valence-corrected chi connectivity index (χ3v) is 5.11. The molecule has 3 rings (SSSR count). The van der Waals surface area contributed by atoms with Crippen molar-refractivity contribution in [1.29, 1.82) is 0 Å². The summed E-state index contributed by atoms with van der Waals surface area (Å²) in [6.45, 7) is 6.18. The van der Waals surface area contributed by atoms with Gasteiger partial charge < -0.3 is 10.1 Å². The second kappa shape index (κ2) is 6.89. The summed E-state index contributed by atoms with van der Waals surface area (Å²) < 4.78 is 6.02. The van der Waals surface area contributed by atoms with Crippen molar-refractivity contribution in [1.82, 2.24) is 5.32 Å². The number of amides is 1. The van der Waals surface area contributed by atoms with Crippen molar-refractivity contribution in [2.45, 2.75) is 43.7 Å². The van der Waals surface area contributed by atoms with Gasteiger partial charge in [0.1, 0.15) is 11.4 Å². The molecule has 0 radical (unpaired) electrons. The maximum atomic E-state index is 12.4. The minimum atomic E-state index is -0.281. The fourth-order valence-electron chi connectivity index (χ4n) is 2.95. The normalized spacial score (nSPS) is 18.4. The highest BCUT2D eigenvalue weighted by molar-refractivity contribution is 8.00. The molecule has 1 aliphatic rings. The van der Waals surface area contributed by atoms with E-state index in [1.807, 2.05) is 24.3 Å². The molecule has 1 aliphatic heterocycles. The van der Waals surface area contributed by atoms with E-state index in [0.717, 1.165) is 22.6 Å². The summed E-state index contributed by atoms with van der Waals surface area (Å²) in [6.07, 6.45) is 0.769. The number of rotatable bonds is 4. The van der Waals surface area contributed by atoms with Gasteiger partial charge in [0.25, 0.3) is 0 Å². The highest BCUT2D eigenvalue weighted by Gasteiger charge is 2.34. The lowest BCUT2D eigenvalue weighted by Gasteiger charge is -2.37. The van der Waals surface area contributed by atoms with Crippen LogP contribution >= 0.6 is 11.8 Å². The molecule has 0 aliphatic carbocycles. The van der Waals surface area contributed by atoms with Crippen LogP contribution in [-0.2, 0) is 4.79 Å². The van der Waals surface area contributed by atoms with E-state index in [4.69, 9.17) is 4.74 Å². The van der Waals surface area contributed by atoms with Gasteiger partial charge in [-0.1, -0.05) is 35.9 Å². The Hall–Kier alpha value is -1.94. The topological polar surface area (TPSA) is 38.3 Å². The summed E-state index contributed by atoms with van der Waals surface area (Å²) in [5, 5.41) is 3.17. The molecule has 1 heterocycles. The molecule has 0 unspecified atom stereocenters. The molecule has 0 bridgehead atoms. The number of carbonyl (C=O) groups is 1. The third kappa shape index (κ3) is 4.12. The zero-order valence-corrected chi connectivity index (χ0v) is 15.2. The molecule has 1 amide bonds. The molecular formula is C20H23NO2S. The number of carbonyl (C=O) groups excluding carboxylic acids is 1. The Morgan fingerprint density at radius 3 is 2.67 bits per heavy atom. The van der Waals surface area contributed by atoms with Crippen LogP contribution in [0.4, 0.5) is 0 Å². The van der Waals surface area contributed by atoms with Gasteiger partial charge in [0.05, 0.1) is 11.8 Å². The molecule has 3 nitrogen and oxygen atoms in total. The maximum Gasteiger partial charge on any atom is 0.230 e. The first-order valence-electron chi connectivity index (χ1n) is 8.20. The van der Waals surface area contributed by atoms with Gasteiger partial charge in [0, 0.05) is 16.9 Å². The number of hydrogen-bond donors (Lipinski definition) is 1. The zero-order chi connectivity index (χ0) is 17.2. The second-order valence-corrected chi connectivity index (χ2v) is 7.87. The number of para-hydroxylation sites is 1. The van der Waals surface area contributed by atoms with Crippen LogP contribution in [0.15, 0.2) is 53.4 Å². The van der Waals surface area contributed by atoms with Crippen molar-refractivity contribution in [2.75, 3.05) is 5.75 Å². The molecule has 0 aromatic heterocycles. The molecular weight excluding hydrogens is 318 g/mol. The Morgan fingerprint density at radius 2 is 1.92 bits per heavy atom. The third-order valence-electron chi connectivity index (χ3n) is 4.10. The number of thioether (sulfide) groups is 1. The molecule has 2 aromatic carbocycles. The monoisotopic (exact) mass is 341 g/mol. The molecule has 0 saturated carbocycles. The van der Waals surface area contributed by atoms with E-state index < -0.39 is 0 Å². The highest BCUT2D eigenvalue weighted by Crippen LogP contribution is 2.39. The van der Waals surface area contributed by atoms with E-state index in [9.17, 15) is 4.79 Å². The van der Waals surface area contributed by atoms with Crippen molar-refractivity contribution in [2.24, 2.45) is 0 Å². The van der Waals surface area contributed by atoms with E-state index in [2.05, 4.69) is 50.4 Å². The van der Waals surface area contributed by atoms with E-state index in [1.165, 1.54) is 5.56 Å². The highest BCUT2D eigenvalue weighted by atomic mass is 32.2. The van der Waals surface area contributed by atoms with Gasteiger partial charge in [0.15, 0.2) is 0 Å². The van der Waals surface area contributed by atoms with Crippen LogP contribution in [-0.4, -0.2) is 17.3 Å². The fraction of sp³-hybridized carbons (Fsp3) is 0.350. The van der Waals surface area contributed by atoms with Crippen LogP contribution in [0.1, 0.15) is 37.4 Å². The average molecular weight is 341 g/mol. The number of nitrogens with one attached hydrogen (secondary N) is 1. The molecule has 2 aromatic rings. The van der Waals surface area contributed by atoms with Crippen LogP contribution in [0.5, 0.6) is 5.75 Å². The van der Waals surface area contributed by atoms with Crippen LogP contribution in [0.3, 0.4) is 0 Å². The van der Waals surface area contributed by atoms with Crippen LogP contribution in [0.2, 0.25) is 0 Å². The van der Waals surface area contributed by atoms with Gasteiger partial charge in [-0.3, -0.25) is 4.79 Å². The van der Waals surface area contributed by atoms with Gasteiger partial charge >= 0.3 is 0 Å². The quantitative estimate of drug-likeness (QED) is 0.832. The summed E-state index contributed by atoms with van der Waals surface area (Å²) in [6, 6.07) is 16.2. The summed E-state index contributed by atoms with van der Waals surface area (Å²) in [5.41, 5.74) is 2.01. The SMILES string of the molecule is Cc1ccc(SCC(=O)N[C@@H]2CC(C)(C)Oc3ccccc32)cc1. The average Bonchev–Trinajstić information content (AvgIpc) is 2.53. The molecule has 0 saturated heterocycles. The van der Waals surface area contributed by atoms with Gasteiger partial charge in [-0.25, -0.2) is 0 Å². The van der Waals surface area contributed by atoms with Crippen molar-refractivity contribution in [3.63, 3.8) is 0 Å². The predicted molar refractivity (Wildman–Crippen MR) is 98.6 cm³/mol. The Labute approximate surface area is 147 Å². The van der Waals surface area contributed by atoms with Crippen LogP contribution in [0.25, 0.3) is 0 Å². The van der Waals surface area contributed by atoms with Crippen molar-refractivity contribution >= 4 is 17.7 Å². The number of hydrogen-bond acceptors (Lipinski definition) is 3. The molecule has 1 atom stereocenters. The molecule has 4 heteroatoms. The van der Waals surface area contributed by atoms with E-state index in [0.29, 0.717) is 5.75 Å². The lowest BCUT2D eigenvalue weighted by atomic mass is 9.90. The summed E-state index contributed by atoms with van der Waals surface area (Å²) in [7, 11) is 0. The Balaban J connectivity index is 1.64. The molecule has 24 heavy (non-hydrogen) atoms. The van der Waals surface area contributed by atoms with Crippen molar-refractivity contribution in [3.8, 4) is 5.75 Å². The van der Waals surface area contributed by atoms with E-state index in [-0.39, 0.29) is 17.6 Å². The first-order chi connectivity index (χ1) is 11.4. The Morgan fingerprint density at radius 1 is 1.21 bits per heavy atom. The first kappa shape index (κ1) is 16.9. The Bertz CT molecular complexity index is 725. The minimum absolute atomic E-state index is 0.00364. The Kier molecular flexibility index (Phi) is 4.86. The molecule has 0 fully saturated rings. The molecule has 1 N–H and O–H groups in total.